The largest absolute Gasteiger partial charge is 0.382 e. The number of hydrogen-bond acceptors (Lipinski definition) is 3. The maximum Gasteiger partial charge on any atom is 0.146 e. The van der Waals surface area contributed by atoms with Crippen LogP contribution in [0.1, 0.15) is 43.9 Å². The van der Waals surface area contributed by atoms with Crippen molar-refractivity contribution >= 4 is 5.82 Å². The summed E-state index contributed by atoms with van der Waals surface area (Å²) in [5.41, 5.74) is 8.14. The molecule has 1 aliphatic rings. The third kappa shape index (κ3) is 2.03. The molecule has 3 nitrogen and oxygen atoms in total. The first-order chi connectivity index (χ1) is 6.66. The molecule has 0 atom stereocenters. The lowest BCUT2D eigenvalue weighted by Gasteiger charge is -2.09. The lowest BCUT2D eigenvalue weighted by Crippen LogP contribution is -2.05. The zero-order valence-corrected chi connectivity index (χ0v) is 8.83. The van der Waals surface area contributed by atoms with Gasteiger partial charge in [0, 0.05) is 5.92 Å². The van der Waals surface area contributed by atoms with Crippen molar-refractivity contribution in [2.75, 3.05) is 5.73 Å². The van der Waals surface area contributed by atoms with E-state index >= 15 is 0 Å². The van der Waals surface area contributed by atoms with E-state index in [1.807, 2.05) is 6.07 Å². The standard InChI is InChI=1S/C11H17N3/c1-7(2)5-9-6-10(12)13-14-11(9)8-3-4-8/h6-8H,3-5H2,1-2H3,(H2,12,13). The van der Waals surface area contributed by atoms with Gasteiger partial charge in [0.1, 0.15) is 5.82 Å². The summed E-state index contributed by atoms with van der Waals surface area (Å²) >= 11 is 0. The Morgan fingerprint density at radius 2 is 2.14 bits per heavy atom. The molecule has 0 aromatic carbocycles. The van der Waals surface area contributed by atoms with Crippen LogP contribution in [0.25, 0.3) is 0 Å². The summed E-state index contributed by atoms with van der Waals surface area (Å²) in [5.74, 6) is 1.86. The maximum atomic E-state index is 5.65. The van der Waals surface area contributed by atoms with Crippen molar-refractivity contribution < 1.29 is 0 Å². The van der Waals surface area contributed by atoms with Gasteiger partial charge in [0.2, 0.25) is 0 Å². The molecule has 1 aromatic rings. The molecule has 3 heteroatoms. The number of aromatic nitrogens is 2. The van der Waals surface area contributed by atoms with Gasteiger partial charge in [-0.05, 0) is 36.8 Å². The molecule has 0 spiro atoms. The van der Waals surface area contributed by atoms with Crippen molar-refractivity contribution in [1.82, 2.24) is 10.2 Å². The molecule has 0 aliphatic heterocycles. The molecule has 2 N–H and O–H groups in total. The van der Waals surface area contributed by atoms with E-state index < -0.39 is 0 Å². The predicted molar refractivity (Wildman–Crippen MR) is 57.0 cm³/mol. The highest BCUT2D eigenvalue weighted by Gasteiger charge is 2.28. The van der Waals surface area contributed by atoms with Gasteiger partial charge in [0.15, 0.2) is 0 Å². The first kappa shape index (κ1) is 9.44. The molecule has 0 radical (unpaired) electrons. The summed E-state index contributed by atoms with van der Waals surface area (Å²) in [7, 11) is 0. The molecule has 1 aliphatic carbocycles. The lowest BCUT2D eigenvalue weighted by molar-refractivity contribution is 0.637. The van der Waals surface area contributed by atoms with Crippen LogP contribution in [0.5, 0.6) is 0 Å². The first-order valence-electron chi connectivity index (χ1n) is 5.28. The quantitative estimate of drug-likeness (QED) is 0.796. The normalized spacial score (nSPS) is 16.2. The highest BCUT2D eigenvalue weighted by atomic mass is 15.1. The van der Waals surface area contributed by atoms with E-state index in [2.05, 4.69) is 24.0 Å². The Bertz CT molecular complexity index is 329. The second-order valence-electron chi connectivity index (χ2n) is 4.55. The second kappa shape index (κ2) is 3.56. The summed E-state index contributed by atoms with van der Waals surface area (Å²) in [5, 5.41) is 8.15. The number of rotatable bonds is 3. The fraction of sp³-hybridized carbons (Fsp3) is 0.636. The fourth-order valence-electron chi connectivity index (χ4n) is 1.76. The lowest BCUT2D eigenvalue weighted by atomic mass is 10.0. The Hall–Kier alpha value is -1.12. The van der Waals surface area contributed by atoms with Crippen LogP contribution >= 0.6 is 0 Å². The number of anilines is 1. The number of nitrogens with zero attached hydrogens (tertiary/aromatic N) is 2. The first-order valence-corrected chi connectivity index (χ1v) is 5.28. The Morgan fingerprint density at radius 1 is 1.43 bits per heavy atom. The van der Waals surface area contributed by atoms with E-state index in [-0.39, 0.29) is 0 Å². The number of nitrogens with two attached hydrogens (primary N) is 1. The van der Waals surface area contributed by atoms with Crippen LogP contribution in [-0.2, 0) is 6.42 Å². The van der Waals surface area contributed by atoms with Gasteiger partial charge >= 0.3 is 0 Å². The number of hydrogen-bond donors (Lipinski definition) is 1. The number of nitrogen functional groups attached to an aromatic ring is 1. The highest BCUT2D eigenvalue weighted by Crippen LogP contribution is 2.40. The minimum atomic E-state index is 0.546. The van der Waals surface area contributed by atoms with Crippen molar-refractivity contribution in [2.24, 2.45) is 5.92 Å². The predicted octanol–water partition coefficient (Wildman–Crippen LogP) is 2.13. The molecule has 1 saturated carbocycles. The van der Waals surface area contributed by atoms with Crippen molar-refractivity contribution in [3.63, 3.8) is 0 Å². The van der Waals surface area contributed by atoms with Gasteiger partial charge in [-0.1, -0.05) is 13.8 Å². The molecule has 0 bridgehead atoms. The molecule has 1 heterocycles. The van der Waals surface area contributed by atoms with E-state index in [0.29, 0.717) is 17.7 Å². The molecule has 1 fully saturated rings. The molecule has 14 heavy (non-hydrogen) atoms. The van der Waals surface area contributed by atoms with Gasteiger partial charge in [0.25, 0.3) is 0 Å². The minimum Gasteiger partial charge on any atom is -0.382 e. The minimum absolute atomic E-state index is 0.546. The van der Waals surface area contributed by atoms with Crippen LogP contribution in [0.3, 0.4) is 0 Å². The average Bonchev–Trinajstić information content (AvgIpc) is 2.86. The van der Waals surface area contributed by atoms with E-state index in [4.69, 9.17) is 5.73 Å². The summed E-state index contributed by atoms with van der Waals surface area (Å²) in [4.78, 5) is 0. The van der Waals surface area contributed by atoms with Gasteiger partial charge in [-0.25, -0.2) is 0 Å². The summed E-state index contributed by atoms with van der Waals surface area (Å²) in [6.45, 7) is 4.43. The molecular weight excluding hydrogens is 174 g/mol. The maximum absolute atomic E-state index is 5.65. The van der Waals surface area contributed by atoms with Crippen LogP contribution in [0.15, 0.2) is 6.07 Å². The van der Waals surface area contributed by atoms with Gasteiger partial charge in [-0.15, -0.1) is 5.10 Å². The summed E-state index contributed by atoms with van der Waals surface area (Å²) < 4.78 is 0. The Morgan fingerprint density at radius 3 is 2.71 bits per heavy atom. The third-order valence-corrected chi connectivity index (χ3v) is 2.52. The molecule has 76 valence electrons. The molecule has 1 aromatic heterocycles. The molecule has 2 rings (SSSR count). The fourth-order valence-corrected chi connectivity index (χ4v) is 1.76. The van der Waals surface area contributed by atoms with Crippen molar-refractivity contribution in [2.45, 2.75) is 39.0 Å². The van der Waals surface area contributed by atoms with Crippen LogP contribution < -0.4 is 5.73 Å². The smallest absolute Gasteiger partial charge is 0.146 e. The van der Waals surface area contributed by atoms with E-state index in [0.717, 1.165) is 6.42 Å². The molecule has 0 amide bonds. The van der Waals surface area contributed by atoms with Crippen molar-refractivity contribution in [1.29, 1.82) is 0 Å². The van der Waals surface area contributed by atoms with Crippen LogP contribution in [0.2, 0.25) is 0 Å². The SMILES string of the molecule is CC(C)Cc1cc(N)nnc1C1CC1. The molecular formula is C11H17N3. The third-order valence-electron chi connectivity index (χ3n) is 2.52. The van der Waals surface area contributed by atoms with E-state index in [9.17, 15) is 0 Å². The Balaban J connectivity index is 2.28. The molecule has 0 unspecified atom stereocenters. The van der Waals surface area contributed by atoms with Crippen LogP contribution in [-0.4, -0.2) is 10.2 Å². The van der Waals surface area contributed by atoms with E-state index in [1.165, 1.54) is 24.1 Å². The van der Waals surface area contributed by atoms with Gasteiger partial charge in [-0.2, -0.15) is 5.10 Å². The summed E-state index contributed by atoms with van der Waals surface area (Å²) in [6, 6.07) is 1.99. The second-order valence-corrected chi connectivity index (χ2v) is 4.55. The Labute approximate surface area is 84.7 Å². The van der Waals surface area contributed by atoms with Crippen LogP contribution in [0, 0.1) is 5.92 Å². The van der Waals surface area contributed by atoms with Gasteiger partial charge in [-0.3, -0.25) is 0 Å². The zero-order valence-electron chi connectivity index (χ0n) is 8.83. The monoisotopic (exact) mass is 191 g/mol. The van der Waals surface area contributed by atoms with E-state index in [1.54, 1.807) is 0 Å². The highest BCUT2D eigenvalue weighted by molar-refractivity contribution is 5.36. The van der Waals surface area contributed by atoms with Crippen molar-refractivity contribution in [3.05, 3.63) is 17.3 Å². The summed E-state index contributed by atoms with van der Waals surface area (Å²) in [6.07, 6.45) is 3.60. The van der Waals surface area contributed by atoms with Crippen LogP contribution in [0.4, 0.5) is 5.82 Å². The van der Waals surface area contributed by atoms with Crippen molar-refractivity contribution in [3.8, 4) is 0 Å². The average molecular weight is 191 g/mol. The molecule has 0 saturated heterocycles. The van der Waals surface area contributed by atoms with Gasteiger partial charge < -0.3 is 5.73 Å². The van der Waals surface area contributed by atoms with Gasteiger partial charge in [0.05, 0.1) is 5.69 Å². The topological polar surface area (TPSA) is 51.8 Å². The zero-order chi connectivity index (χ0) is 10.1. The Kier molecular flexibility index (Phi) is 2.40.